The number of carbonyl (C=O) groups is 6. The van der Waals surface area contributed by atoms with Crippen LogP contribution in [0.4, 0.5) is 57.1 Å². The van der Waals surface area contributed by atoms with Crippen molar-refractivity contribution in [2.75, 3.05) is 49.4 Å². The molecule has 0 aliphatic carbocycles. The van der Waals surface area contributed by atoms with Gasteiger partial charge in [0.2, 0.25) is 29.4 Å². The molecule has 2 unspecified atom stereocenters. The van der Waals surface area contributed by atoms with Crippen LogP contribution < -0.4 is 4.74 Å². The van der Waals surface area contributed by atoms with Crippen LogP contribution in [0.2, 0.25) is 0 Å². The Morgan fingerprint density at radius 3 is 0.990 bits per heavy atom. The molecule has 45 heteroatoms. The number of ether oxygens (including phenoxy) is 6. The fourth-order valence-electron chi connectivity index (χ4n) is 5.33. The van der Waals surface area contributed by atoms with E-state index in [2.05, 4.69) is 18.9 Å². The van der Waals surface area contributed by atoms with Gasteiger partial charge in [-0.1, -0.05) is 48.5 Å². The van der Waals surface area contributed by atoms with E-state index in [1.807, 2.05) is 13.8 Å². The number of carbonyl (C=O) groups excluding carboxylic acids is 6. The number of rotatable bonds is 33. The predicted octanol–water partition coefficient (Wildman–Crippen LogP) is 10.8. The number of esters is 6. The molecule has 1 aromatic carbocycles. The molecule has 0 radical (unpaired) electrons. The van der Waals surface area contributed by atoms with E-state index in [-0.39, 0.29) is 26.1 Å². The summed E-state index contributed by atoms with van der Waals surface area (Å²) in [5.74, 6) is -33.6. The third kappa shape index (κ3) is 45.9. The molecule has 0 amide bonds. The Labute approximate surface area is 604 Å². The number of halogens is 13. The van der Waals surface area contributed by atoms with Crippen LogP contribution >= 0.6 is 0 Å². The van der Waals surface area contributed by atoms with Crippen molar-refractivity contribution in [1.29, 1.82) is 0 Å². The first-order valence-corrected chi connectivity index (χ1v) is 38.8. The van der Waals surface area contributed by atoms with Crippen molar-refractivity contribution in [3.63, 3.8) is 0 Å². The van der Waals surface area contributed by atoms with Crippen molar-refractivity contribution >= 4 is 86.4 Å². The molecule has 0 saturated heterocycles. The first-order valence-electron chi connectivity index (χ1n) is 31.1. The van der Waals surface area contributed by atoms with Crippen molar-refractivity contribution in [3.05, 3.63) is 23.3 Å². The second-order valence-electron chi connectivity index (χ2n) is 27.1. The van der Waals surface area contributed by atoms with E-state index in [1.165, 1.54) is 27.7 Å². The van der Waals surface area contributed by atoms with Gasteiger partial charge in [0.1, 0.15) is 53.4 Å². The maximum atomic E-state index is 13.6. The summed E-state index contributed by atoms with van der Waals surface area (Å²) >= 11 is 0. The number of benzene rings is 1. The van der Waals surface area contributed by atoms with Gasteiger partial charge < -0.3 is 51.2 Å². The highest BCUT2D eigenvalue weighted by Gasteiger charge is 2.46. The lowest BCUT2D eigenvalue weighted by Gasteiger charge is -2.27. The molecule has 0 aliphatic rings. The SMILES string of the molecule is CCC(C)(C)C(=O)OC(CS(=O)(=O)[O-])C(F)(F)F.CCC(C)(C)C(=O)OCC(C)C(F)(F)CS(=O)(=O)[O-].CCC(C)(C)C(=O)OCCC(C)(F)F.CCC(C)(C)C(=O)OCCC(F)(F)CS(=O)(=O)[O-].CCC(C)(C)C(=O)OCCS(=O)(=O)[O-].CCC(C)(C)C(=O)Oc1c(F)c(F)c(S(=O)(=O)[O-])c(F)c1F. The lowest BCUT2D eigenvalue weighted by Crippen LogP contribution is -2.42. The molecule has 0 spiro atoms. The van der Waals surface area contributed by atoms with Crippen molar-refractivity contribution < 1.29 is 179 Å². The summed E-state index contributed by atoms with van der Waals surface area (Å²) in [5.41, 5.74) is -5.18. The maximum absolute atomic E-state index is 13.6. The normalized spacial score (nSPS) is 13.6. The van der Waals surface area contributed by atoms with Gasteiger partial charge in [-0.05, 0) is 129 Å². The summed E-state index contributed by atoms with van der Waals surface area (Å²) in [7, 11) is -25.3. The van der Waals surface area contributed by atoms with Gasteiger partial charge in [0.15, 0.2) is 11.6 Å². The number of hydrogen-bond donors (Lipinski definition) is 0. The Balaban J connectivity index is -0.000000384. The fraction of sp³-hybridized carbons (Fsp3) is 0.800. The Morgan fingerprint density at radius 1 is 0.400 bits per heavy atom. The summed E-state index contributed by atoms with van der Waals surface area (Å²) in [4.78, 5) is 66.4. The largest absolute Gasteiger partial charge is 0.748 e. The molecule has 2 atom stereocenters. The zero-order valence-corrected chi connectivity index (χ0v) is 65.5. The van der Waals surface area contributed by atoms with Crippen molar-refractivity contribution in [3.8, 4) is 5.75 Å². The van der Waals surface area contributed by atoms with E-state index >= 15 is 0 Å². The molecule has 1 aromatic rings. The van der Waals surface area contributed by atoms with Crippen molar-refractivity contribution in [1.82, 2.24) is 0 Å². The van der Waals surface area contributed by atoms with Gasteiger partial charge in [0.05, 0.1) is 90.0 Å². The quantitative estimate of drug-likeness (QED) is 0.0157. The molecule has 0 aliphatic heterocycles. The third-order valence-corrected chi connectivity index (χ3v) is 19.0. The second-order valence-corrected chi connectivity index (χ2v) is 34.2. The Bertz CT molecular complexity index is 3570. The molecule has 0 heterocycles. The van der Waals surface area contributed by atoms with Crippen LogP contribution in [0.3, 0.4) is 0 Å². The topological polar surface area (TPSA) is 444 Å². The van der Waals surface area contributed by atoms with Crippen LogP contribution in [0.25, 0.3) is 0 Å². The van der Waals surface area contributed by atoms with Crippen LogP contribution in [0.1, 0.15) is 190 Å². The molecule has 105 heavy (non-hydrogen) atoms. The molecule has 1 rings (SSSR count). The third-order valence-electron chi connectivity index (χ3n) is 15.2. The van der Waals surface area contributed by atoms with Gasteiger partial charge >= 0.3 is 42.0 Å². The number of alkyl halides is 9. The molecule has 0 bridgehead atoms. The van der Waals surface area contributed by atoms with E-state index in [0.717, 1.165) is 13.8 Å². The van der Waals surface area contributed by atoms with Gasteiger partial charge in [-0.25, -0.2) is 77.2 Å². The molecule has 0 aromatic heterocycles. The summed E-state index contributed by atoms with van der Waals surface area (Å²) in [6.07, 6.45) is -6.85. The van der Waals surface area contributed by atoms with Crippen molar-refractivity contribution in [2.45, 2.75) is 225 Å². The van der Waals surface area contributed by atoms with E-state index < -0.39 is 238 Å². The van der Waals surface area contributed by atoms with Gasteiger partial charge in [0, 0.05) is 12.8 Å². The highest BCUT2D eigenvalue weighted by molar-refractivity contribution is 7.86. The summed E-state index contributed by atoms with van der Waals surface area (Å²) in [6, 6.07) is 0. The highest BCUT2D eigenvalue weighted by Crippen LogP contribution is 2.36. The molecule has 0 fully saturated rings. The molecule has 27 nitrogen and oxygen atoms in total. The summed E-state index contributed by atoms with van der Waals surface area (Å²) in [6.45, 7) is 29.0. The molecule has 0 N–H and O–H groups in total. The average Bonchev–Trinajstić information content (AvgIpc) is 0.766. The first kappa shape index (κ1) is 108. The van der Waals surface area contributed by atoms with E-state index in [4.69, 9.17) is 9.47 Å². The Morgan fingerprint density at radius 2 is 0.705 bits per heavy atom. The van der Waals surface area contributed by atoms with Crippen molar-refractivity contribution in [2.24, 2.45) is 38.4 Å². The zero-order valence-electron chi connectivity index (χ0n) is 61.4. The average molecular weight is 1650 g/mol. The minimum absolute atomic E-state index is 0.188. The fourth-order valence-corrected chi connectivity index (χ4v) is 8.28. The number of hydrogen-bond acceptors (Lipinski definition) is 27. The van der Waals surface area contributed by atoms with E-state index in [0.29, 0.717) is 25.7 Å². The van der Waals surface area contributed by atoms with Crippen LogP contribution in [0, 0.1) is 61.7 Å². The lowest BCUT2D eigenvalue weighted by atomic mass is 9.90. The monoisotopic (exact) mass is 1650 g/mol. The minimum Gasteiger partial charge on any atom is -0.748 e. The van der Waals surface area contributed by atoms with Crippen LogP contribution in [-0.4, -0.2) is 180 Å². The van der Waals surface area contributed by atoms with Gasteiger partial charge in [-0.2, -0.15) is 22.0 Å². The van der Waals surface area contributed by atoms with E-state index in [1.54, 1.807) is 83.1 Å². The standard InChI is InChI=1S/C12H12F4O5S.C11H20F2O5S.C10H18F2O5S.C10H18F2O2.C9H15F3O5S.C8H16O5S/c1-4-12(2,3)11(17)21-9-5(13)7(15)10(22(18,19)20)8(16)6(9)14;1-5-10(3,4)9(14)18-6-8(2)11(12,13)7-19(15,16)17;1-4-9(2,3)8(13)17-6-5-10(11,12)7-18(14,15)16;1-5-9(2,3)8(13)14-7-6-10(4,11)12;1-4-8(2,3)7(13)17-6(9(10,11)12)5-18(14,15)16;1-4-8(2,3)7(9)13-5-6-14(10,11)12/h4H2,1-3H3,(H,18,19,20);8H,5-7H2,1-4H3,(H,15,16,17);4-7H2,1-3H3,(H,14,15,16);5-7H2,1-4H3;6H,4-5H2,1-3H3,(H,14,15,16);4-6H2,1-3H3,(H,10,11,12)/p-5. The summed E-state index contributed by atoms with van der Waals surface area (Å²) < 4.78 is 351. The Kier molecular flexibility index (Phi) is 43.9. The maximum Gasteiger partial charge on any atom is 0.426 e. The highest BCUT2D eigenvalue weighted by atomic mass is 32.2. The van der Waals surface area contributed by atoms with Crippen LogP contribution in [0.5, 0.6) is 5.75 Å². The molecule has 0 saturated carbocycles. The van der Waals surface area contributed by atoms with E-state index in [9.17, 15) is 151 Å². The van der Waals surface area contributed by atoms with Crippen LogP contribution in [0.15, 0.2) is 4.90 Å². The molecule has 622 valence electrons. The smallest absolute Gasteiger partial charge is 0.426 e. The minimum atomic E-state index is -5.81. The van der Waals surface area contributed by atoms with Crippen LogP contribution in [-0.2, 0) is 103 Å². The predicted molar refractivity (Wildman–Crippen MR) is 341 cm³/mol. The Hall–Kier alpha value is -5.32. The first-order chi connectivity index (χ1) is 46.2. The van der Waals surface area contributed by atoms with Gasteiger partial charge in [-0.15, -0.1) is 0 Å². The van der Waals surface area contributed by atoms with Gasteiger partial charge in [0.25, 0.3) is 11.8 Å². The van der Waals surface area contributed by atoms with Gasteiger partial charge in [-0.3, -0.25) is 28.8 Å². The zero-order chi connectivity index (χ0) is 85.1. The summed E-state index contributed by atoms with van der Waals surface area (Å²) in [5, 5.41) is 0. The lowest BCUT2D eigenvalue weighted by molar-refractivity contribution is -0.220. The second kappa shape index (κ2) is 42.6. The molecular weight excluding hydrogens is 1560 g/mol. The molecular formula is C60H94F13O27S5-5.